The summed E-state index contributed by atoms with van der Waals surface area (Å²) in [6.45, 7) is 0. The molecule has 7 heteroatoms. The highest BCUT2D eigenvalue weighted by molar-refractivity contribution is 6.04. The van der Waals surface area contributed by atoms with Gasteiger partial charge in [-0.2, -0.15) is 4.39 Å². The fourth-order valence-electron chi connectivity index (χ4n) is 1.38. The highest BCUT2D eigenvalue weighted by Gasteiger charge is 2.13. The maximum absolute atomic E-state index is 13.3. The van der Waals surface area contributed by atoms with Crippen molar-refractivity contribution in [2.24, 2.45) is 0 Å². The van der Waals surface area contributed by atoms with Crippen LogP contribution in [0.25, 0.3) is 0 Å². The summed E-state index contributed by atoms with van der Waals surface area (Å²) in [6.07, 6.45) is 2.46. The van der Waals surface area contributed by atoms with E-state index in [9.17, 15) is 14.0 Å². The highest BCUT2D eigenvalue weighted by atomic mass is 19.1. The number of hydrogen-bond acceptors (Lipinski definition) is 4. The summed E-state index contributed by atoms with van der Waals surface area (Å²) in [5.41, 5.74) is -0.235. The molecule has 0 fully saturated rings. The van der Waals surface area contributed by atoms with Crippen LogP contribution in [0.1, 0.15) is 20.8 Å². The van der Waals surface area contributed by atoms with E-state index in [1.165, 1.54) is 36.7 Å². The van der Waals surface area contributed by atoms with Gasteiger partial charge in [0.1, 0.15) is 5.69 Å². The first-order valence-corrected chi connectivity index (χ1v) is 5.19. The van der Waals surface area contributed by atoms with Crippen molar-refractivity contribution >= 4 is 17.6 Å². The lowest BCUT2D eigenvalue weighted by molar-refractivity contribution is 0.0690. The third-order valence-electron chi connectivity index (χ3n) is 2.24. The Balaban J connectivity index is 2.22. The largest absolute Gasteiger partial charge is 0.477 e. The summed E-state index contributed by atoms with van der Waals surface area (Å²) in [5, 5.41) is 11.1. The van der Waals surface area contributed by atoms with Gasteiger partial charge >= 0.3 is 5.97 Å². The van der Waals surface area contributed by atoms with Crippen molar-refractivity contribution in [3.63, 3.8) is 0 Å². The van der Waals surface area contributed by atoms with Crippen LogP contribution in [0.4, 0.5) is 10.1 Å². The van der Waals surface area contributed by atoms with Crippen molar-refractivity contribution < 1.29 is 19.1 Å². The quantitative estimate of drug-likeness (QED) is 0.818. The number of halogens is 1. The second kappa shape index (κ2) is 5.21. The van der Waals surface area contributed by atoms with Gasteiger partial charge in [-0.3, -0.25) is 4.79 Å². The number of carbonyl (C=O) groups is 2. The van der Waals surface area contributed by atoms with Gasteiger partial charge in [-0.25, -0.2) is 14.8 Å². The van der Waals surface area contributed by atoms with Crippen LogP contribution in [0, 0.1) is 5.95 Å². The Morgan fingerprint density at radius 3 is 2.68 bits per heavy atom. The molecule has 19 heavy (non-hydrogen) atoms. The number of amides is 1. The van der Waals surface area contributed by atoms with E-state index < -0.39 is 17.8 Å². The van der Waals surface area contributed by atoms with E-state index in [1.54, 1.807) is 0 Å². The molecular formula is C12H8FN3O3. The number of carboxylic acid groups (broad SMARTS) is 1. The van der Waals surface area contributed by atoms with Gasteiger partial charge in [-0.05, 0) is 24.3 Å². The zero-order valence-corrected chi connectivity index (χ0v) is 9.50. The molecule has 0 radical (unpaired) electrons. The standard InChI is InChI=1S/C12H8FN3O3/c13-10-8(2-1-4-15-10)11(17)16-7-3-5-14-9(6-7)12(18)19/h1-6H,(H,18,19)(H,14,16,17). The molecule has 2 rings (SSSR count). The lowest BCUT2D eigenvalue weighted by atomic mass is 10.2. The Morgan fingerprint density at radius 1 is 1.21 bits per heavy atom. The summed E-state index contributed by atoms with van der Waals surface area (Å²) >= 11 is 0. The topological polar surface area (TPSA) is 92.2 Å². The third kappa shape index (κ3) is 2.89. The number of aromatic nitrogens is 2. The predicted octanol–water partition coefficient (Wildman–Crippen LogP) is 1.57. The zero-order valence-electron chi connectivity index (χ0n) is 9.50. The number of hydrogen-bond donors (Lipinski definition) is 2. The molecule has 0 bridgehead atoms. The third-order valence-corrected chi connectivity index (χ3v) is 2.24. The van der Waals surface area contributed by atoms with Crippen LogP contribution in [-0.4, -0.2) is 27.0 Å². The molecular weight excluding hydrogens is 253 g/mol. The SMILES string of the molecule is O=C(O)c1cc(NC(=O)c2cccnc2F)ccn1. The molecule has 6 nitrogen and oxygen atoms in total. The van der Waals surface area contributed by atoms with Crippen molar-refractivity contribution in [2.45, 2.75) is 0 Å². The number of carboxylic acids is 1. The van der Waals surface area contributed by atoms with Gasteiger partial charge in [0.15, 0.2) is 0 Å². The molecule has 0 aliphatic carbocycles. The predicted molar refractivity (Wildman–Crippen MR) is 63.3 cm³/mol. The second-order valence-electron chi connectivity index (χ2n) is 3.53. The molecule has 1 amide bonds. The molecule has 0 saturated carbocycles. The van der Waals surface area contributed by atoms with E-state index >= 15 is 0 Å². The highest BCUT2D eigenvalue weighted by Crippen LogP contribution is 2.11. The normalized spacial score (nSPS) is 9.95. The fraction of sp³-hybridized carbons (Fsp3) is 0. The smallest absolute Gasteiger partial charge is 0.354 e. The van der Waals surface area contributed by atoms with Crippen molar-refractivity contribution in [3.05, 3.63) is 53.9 Å². The van der Waals surface area contributed by atoms with Crippen molar-refractivity contribution in [3.8, 4) is 0 Å². The number of carbonyl (C=O) groups excluding carboxylic acids is 1. The molecule has 2 heterocycles. The number of nitrogens with one attached hydrogen (secondary N) is 1. The van der Waals surface area contributed by atoms with Gasteiger partial charge in [-0.1, -0.05) is 0 Å². The Morgan fingerprint density at radius 2 is 2.00 bits per heavy atom. The molecule has 0 aromatic carbocycles. The number of rotatable bonds is 3. The maximum Gasteiger partial charge on any atom is 0.354 e. The number of anilines is 1. The lowest BCUT2D eigenvalue weighted by Gasteiger charge is -2.05. The molecule has 2 aromatic rings. The molecule has 0 atom stereocenters. The molecule has 2 aromatic heterocycles. The molecule has 96 valence electrons. The molecule has 0 unspecified atom stereocenters. The van der Waals surface area contributed by atoms with Crippen LogP contribution in [0.5, 0.6) is 0 Å². The van der Waals surface area contributed by atoms with Crippen LogP contribution in [0.15, 0.2) is 36.7 Å². The minimum absolute atomic E-state index is 0.209. The average molecular weight is 261 g/mol. The molecule has 0 aliphatic rings. The summed E-state index contributed by atoms with van der Waals surface area (Å²) in [7, 11) is 0. The minimum atomic E-state index is -1.22. The van der Waals surface area contributed by atoms with E-state index in [2.05, 4.69) is 15.3 Å². The van der Waals surface area contributed by atoms with Crippen LogP contribution in [-0.2, 0) is 0 Å². The Kier molecular flexibility index (Phi) is 3.46. The first-order valence-electron chi connectivity index (χ1n) is 5.19. The first-order chi connectivity index (χ1) is 9.08. The zero-order chi connectivity index (χ0) is 13.8. The van der Waals surface area contributed by atoms with Gasteiger partial charge in [0.2, 0.25) is 5.95 Å². The van der Waals surface area contributed by atoms with E-state index in [0.717, 1.165) is 0 Å². The van der Waals surface area contributed by atoms with E-state index in [-0.39, 0.29) is 16.9 Å². The molecule has 2 N–H and O–H groups in total. The second-order valence-corrected chi connectivity index (χ2v) is 3.53. The Labute approximate surface area is 106 Å². The summed E-state index contributed by atoms with van der Waals surface area (Å²) < 4.78 is 13.3. The van der Waals surface area contributed by atoms with Crippen molar-refractivity contribution in [1.82, 2.24) is 9.97 Å². The van der Waals surface area contributed by atoms with Crippen molar-refractivity contribution in [2.75, 3.05) is 5.32 Å². The number of nitrogens with zero attached hydrogens (tertiary/aromatic N) is 2. The molecule has 0 spiro atoms. The minimum Gasteiger partial charge on any atom is -0.477 e. The summed E-state index contributed by atoms with van der Waals surface area (Å²) in [5.74, 6) is -2.83. The summed E-state index contributed by atoms with van der Waals surface area (Å²) in [4.78, 5) is 29.4. The van der Waals surface area contributed by atoms with Gasteiger partial charge in [0.25, 0.3) is 5.91 Å². The lowest BCUT2D eigenvalue weighted by Crippen LogP contribution is -2.15. The molecule has 0 aliphatic heterocycles. The summed E-state index contributed by atoms with van der Waals surface area (Å²) in [6, 6.07) is 5.28. The van der Waals surface area contributed by atoms with Crippen LogP contribution < -0.4 is 5.32 Å². The van der Waals surface area contributed by atoms with Crippen LogP contribution >= 0.6 is 0 Å². The number of pyridine rings is 2. The van der Waals surface area contributed by atoms with E-state index in [1.807, 2.05) is 0 Å². The first kappa shape index (κ1) is 12.6. The van der Waals surface area contributed by atoms with E-state index in [4.69, 9.17) is 5.11 Å². The molecule has 0 saturated heterocycles. The monoisotopic (exact) mass is 261 g/mol. The van der Waals surface area contributed by atoms with E-state index in [0.29, 0.717) is 0 Å². The van der Waals surface area contributed by atoms with Gasteiger partial charge in [-0.15, -0.1) is 0 Å². The van der Waals surface area contributed by atoms with Crippen molar-refractivity contribution in [1.29, 1.82) is 0 Å². The Hall–Kier alpha value is -2.83. The number of aromatic carboxylic acids is 1. The van der Waals surface area contributed by atoms with Crippen LogP contribution in [0.3, 0.4) is 0 Å². The maximum atomic E-state index is 13.3. The van der Waals surface area contributed by atoms with Gasteiger partial charge in [0, 0.05) is 18.1 Å². The van der Waals surface area contributed by atoms with Crippen LogP contribution in [0.2, 0.25) is 0 Å². The van der Waals surface area contributed by atoms with Gasteiger partial charge < -0.3 is 10.4 Å². The average Bonchev–Trinajstić information content (AvgIpc) is 2.39. The Bertz CT molecular complexity index is 646. The van der Waals surface area contributed by atoms with Gasteiger partial charge in [0.05, 0.1) is 5.56 Å². The fourth-order valence-corrected chi connectivity index (χ4v) is 1.38.